The number of nitrogens with one attached hydrogen (secondary N) is 1. The summed E-state index contributed by atoms with van der Waals surface area (Å²) in [5.74, 6) is -0.255. The van der Waals surface area contributed by atoms with Gasteiger partial charge in [-0.15, -0.1) is 0 Å². The predicted molar refractivity (Wildman–Crippen MR) is 83.7 cm³/mol. The molecule has 0 saturated carbocycles. The molecule has 0 radical (unpaired) electrons. The van der Waals surface area contributed by atoms with Crippen LogP contribution in [0, 0.1) is 0 Å². The van der Waals surface area contributed by atoms with Gasteiger partial charge in [-0.3, -0.25) is 9.59 Å². The first-order chi connectivity index (χ1) is 11.2. The predicted octanol–water partition coefficient (Wildman–Crippen LogP) is 0.880. The summed E-state index contributed by atoms with van der Waals surface area (Å²) in [5.41, 5.74) is 0.880. The lowest BCUT2D eigenvalue weighted by atomic mass is 9.97. The SMILES string of the molecule is COC1CCN(C(=O)[C@H]2OCC(=O)N[C@@H]2c2ccccc2)CC1. The van der Waals surface area contributed by atoms with E-state index < -0.39 is 12.1 Å². The Labute approximate surface area is 135 Å². The Morgan fingerprint density at radius 3 is 2.61 bits per heavy atom. The molecule has 3 rings (SSSR count). The third-order valence-electron chi connectivity index (χ3n) is 4.50. The highest BCUT2D eigenvalue weighted by molar-refractivity contribution is 5.86. The fourth-order valence-electron chi connectivity index (χ4n) is 3.18. The van der Waals surface area contributed by atoms with E-state index in [1.807, 2.05) is 35.2 Å². The summed E-state index contributed by atoms with van der Waals surface area (Å²) >= 11 is 0. The van der Waals surface area contributed by atoms with Gasteiger partial charge in [-0.25, -0.2) is 0 Å². The number of hydrogen-bond donors (Lipinski definition) is 1. The van der Waals surface area contributed by atoms with E-state index in [1.54, 1.807) is 7.11 Å². The van der Waals surface area contributed by atoms with Crippen LogP contribution in [0.2, 0.25) is 0 Å². The third kappa shape index (κ3) is 3.54. The molecule has 124 valence electrons. The fraction of sp³-hybridized carbons (Fsp3) is 0.529. The van der Waals surface area contributed by atoms with E-state index in [0.29, 0.717) is 13.1 Å². The second-order valence-electron chi connectivity index (χ2n) is 5.95. The number of morpholine rings is 1. The van der Waals surface area contributed by atoms with Gasteiger partial charge in [-0.1, -0.05) is 30.3 Å². The number of methoxy groups -OCH3 is 1. The molecule has 2 saturated heterocycles. The minimum Gasteiger partial charge on any atom is -0.381 e. The summed E-state index contributed by atoms with van der Waals surface area (Å²) < 4.78 is 10.9. The Hall–Kier alpha value is -1.92. The average molecular weight is 318 g/mol. The summed E-state index contributed by atoms with van der Waals surface area (Å²) in [6, 6.07) is 9.05. The number of piperidine rings is 1. The van der Waals surface area contributed by atoms with Crippen LogP contribution in [0.15, 0.2) is 30.3 Å². The Bertz CT molecular complexity index is 555. The molecule has 0 spiro atoms. The van der Waals surface area contributed by atoms with Crippen LogP contribution >= 0.6 is 0 Å². The zero-order valence-corrected chi connectivity index (χ0v) is 13.2. The minimum atomic E-state index is -0.672. The first kappa shape index (κ1) is 16.0. The first-order valence-corrected chi connectivity index (χ1v) is 7.96. The molecule has 2 amide bonds. The molecule has 1 aromatic rings. The van der Waals surface area contributed by atoms with Crippen molar-refractivity contribution in [3.05, 3.63) is 35.9 Å². The van der Waals surface area contributed by atoms with Gasteiger partial charge < -0.3 is 19.7 Å². The quantitative estimate of drug-likeness (QED) is 0.898. The van der Waals surface area contributed by atoms with Crippen molar-refractivity contribution < 1.29 is 19.1 Å². The number of nitrogens with zero attached hydrogens (tertiary/aromatic N) is 1. The van der Waals surface area contributed by atoms with Crippen LogP contribution < -0.4 is 5.32 Å². The van der Waals surface area contributed by atoms with Crippen LogP contribution in [0.5, 0.6) is 0 Å². The lowest BCUT2D eigenvalue weighted by Crippen LogP contribution is -2.54. The molecule has 0 bridgehead atoms. The molecule has 2 aliphatic rings. The van der Waals surface area contributed by atoms with Crippen molar-refractivity contribution in [3.8, 4) is 0 Å². The Balaban J connectivity index is 1.73. The van der Waals surface area contributed by atoms with Gasteiger partial charge in [0.25, 0.3) is 5.91 Å². The van der Waals surface area contributed by atoms with Crippen molar-refractivity contribution in [2.45, 2.75) is 31.1 Å². The molecule has 23 heavy (non-hydrogen) atoms. The molecule has 2 aliphatic heterocycles. The smallest absolute Gasteiger partial charge is 0.254 e. The standard InChI is InChI=1S/C17H22N2O4/c1-22-13-7-9-19(10-8-13)17(21)16-15(18-14(20)11-23-16)12-5-3-2-4-6-12/h2-6,13,15-16H,7-11H2,1H3,(H,18,20)/t15-,16+/m1/s1. The van der Waals surface area contributed by atoms with Crippen molar-refractivity contribution in [1.82, 2.24) is 10.2 Å². The van der Waals surface area contributed by atoms with Crippen LogP contribution in [0.25, 0.3) is 0 Å². The van der Waals surface area contributed by atoms with Crippen LogP contribution in [0.1, 0.15) is 24.4 Å². The summed E-state index contributed by atoms with van der Waals surface area (Å²) in [5, 5.41) is 2.89. The monoisotopic (exact) mass is 318 g/mol. The first-order valence-electron chi connectivity index (χ1n) is 7.96. The van der Waals surface area contributed by atoms with E-state index >= 15 is 0 Å². The topological polar surface area (TPSA) is 67.9 Å². The number of carbonyl (C=O) groups is 2. The van der Waals surface area contributed by atoms with Crippen LogP contribution in [0.4, 0.5) is 0 Å². The normalized spacial score (nSPS) is 26.0. The zero-order chi connectivity index (χ0) is 16.2. The van der Waals surface area contributed by atoms with Crippen molar-refractivity contribution in [2.24, 2.45) is 0 Å². The largest absolute Gasteiger partial charge is 0.381 e. The van der Waals surface area contributed by atoms with Gasteiger partial charge in [0.05, 0.1) is 12.1 Å². The van der Waals surface area contributed by atoms with Crippen LogP contribution in [-0.2, 0) is 19.1 Å². The molecule has 2 heterocycles. The molecule has 2 atom stereocenters. The second-order valence-corrected chi connectivity index (χ2v) is 5.95. The second kappa shape index (κ2) is 7.10. The van der Waals surface area contributed by atoms with Gasteiger partial charge in [0.15, 0.2) is 6.10 Å². The minimum absolute atomic E-state index is 0.0617. The summed E-state index contributed by atoms with van der Waals surface area (Å²) in [7, 11) is 1.70. The number of likely N-dealkylation sites (tertiary alicyclic amines) is 1. The molecule has 1 N–H and O–H groups in total. The van der Waals surface area contributed by atoms with Crippen molar-refractivity contribution in [3.63, 3.8) is 0 Å². The highest BCUT2D eigenvalue weighted by Crippen LogP contribution is 2.25. The maximum atomic E-state index is 12.8. The number of rotatable bonds is 3. The number of ether oxygens (including phenoxy) is 2. The van der Waals surface area contributed by atoms with Crippen molar-refractivity contribution in [2.75, 3.05) is 26.8 Å². The van der Waals surface area contributed by atoms with Gasteiger partial charge in [-0.05, 0) is 18.4 Å². The zero-order valence-electron chi connectivity index (χ0n) is 13.2. The van der Waals surface area contributed by atoms with Crippen LogP contribution in [-0.4, -0.2) is 55.7 Å². The molecule has 0 unspecified atom stereocenters. The average Bonchev–Trinajstić information content (AvgIpc) is 2.62. The van der Waals surface area contributed by atoms with Gasteiger partial charge in [0.2, 0.25) is 5.91 Å². The van der Waals surface area contributed by atoms with Gasteiger partial charge in [-0.2, -0.15) is 0 Å². The van der Waals surface area contributed by atoms with Crippen molar-refractivity contribution >= 4 is 11.8 Å². The molecule has 6 nitrogen and oxygen atoms in total. The van der Waals surface area contributed by atoms with Crippen molar-refractivity contribution in [1.29, 1.82) is 0 Å². The molecule has 0 aliphatic carbocycles. The van der Waals surface area contributed by atoms with E-state index in [0.717, 1.165) is 18.4 Å². The molecular formula is C17H22N2O4. The van der Waals surface area contributed by atoms with E-state index in [-0.39, 0.29) is 24.5 Å². The van der Waals surface area contributed by atoms with E-state index in [9.17, 15) is 9.59 Å². The number of amides is 2. The Kier molecular flexibility index (Phi) is 4.93. The van der Waals surface area contributed by atoms with Crippen LogP contribution in [0.3, 0.4) is 0 Å². The van der Waals surface area contributed by atoms with E-state index in [2.05, 4.69) is 5.32 Å². The highest BCUT2D eigenvalue weighted by atomic mass is 16.5. The van der Waals surface area contributed by atoms with Gasteiger partial charge >= 0.3 is 0 Å². The van der Waals surface area contributed by atoms with Gasteiger partial charge in [0, 0.05) is 20.2 Å². The van der Waals surface area contributed by atoms with E-state index in [4.69, 9.17) is 9.47 Å². The maximum Gasteiger partial charge on any atom is 0.254 e. The van der Waals surface area contributed by atoms with E-state index in [1.165, 1.54) is 0 Å². The summed E-state index contributed by atoms with van der Waals surface area (Å²) in [6.07, 6.45) is 1.21. The lowest BCUT2D eigenvalue weighted by molar-refractivity contribution is -0.156. The summed E-state index contributed by atoms with van der Waals surface area (Å²) in [4.78, 5) is 26.4. The molecule has 1 aromatic carbocycles. The molecule has 6 heteroatoms. The third-order valence-corrected chi connectivity index (χ3v) is 4.50. The molecule has 0 aromatic heterocycles. The lowest BCUT2D eigenvalue weighted by Gasteiger charge is -2.37. The number of hydrogen-bond acceptors (Lipinski definition) is 4. The fourth-order valence-corrected chi connectivity index (χ4v) is 3.18. The van der Waals surface area contributed by atoms with Gasteiger partial charge in [0.1, 0.15) is 6.61 Å². The maximum absolute atomic E-state index is 12.8. The highest BCUT2D eigenvalue weighted by Gasteiger charge is 2.39. The summed E-state index contributed by atoms with van der Waals surface area (Å²) in [6.45, 7) is 1.24. The molecular weight excluding hydrogens is 296 g/mol. The number of carbonyl (C=O) groups excluding carboxylic acids is 2. The number of benzene rings is 1. The molecule has 2 fully saturated rings. The Morgan fingerprint density at radius 1 is 1.26 bits per heavy atom. The Morgan fingerprint density at radius 2 is 1.96 bits per heavy atom.